The highest BCUT2D eigenvalue weighted by molar-refractivity contribution is 5.92. The van der Waals surface area contributed by atoms with Gasteiger partial charge in [-0.15, -0.1) is 20.4 Å². The molecular weight excluding hydrogens is 246 g/mol. The molecule has 3 rings (SSSR count). The molecule has 2 aromatic rings. The van der Waals surface area contributed by atoms with E-state index in [1.165, 1.54) is 0 Å². The van der Waals surface area contributed by atoms with Gasteiger partial charge in [0.2, 0.25) is 0 Å². The average molecular weight is 259 g/mol. The summed E-state index contributed by atoms with van der Waals surface area (Å²) in [5.74, 6) is 1.29. The lowest BCUT2D eigenvalue weighted by Gasteiger charge is -2.26. The third kappa shape index (κ3) is 2.12. The van der Waals surface area contributed by atoms with E-state index in [1.807, 2.05) is 4.57 Å². The smallest absolute Gasteiger partial charge is 0.274 e. The summed E-state index contributed by atoms with van der Waals surface area (Å²) >= 11 is 0. The lowest BCUT2D eigenvalue weighted by Crippen LogP contribution is -2.38. The van der Waals surface area contributed by atoms with Crippen molar-refractivity contribution in [1.29, 1.82) is 0 Å². The lowest BCUT2D eigenvalue weighted by molar-refractivity contribution is 0.0700. The van der Waals surface area contributed by atoms with Gasteiger partial charge in [0, 0.05) is 20.1 Å². The SMILES string of the molecule is CNc1ccc(C(=O)N2CCn3cnnc3C2)nn1. The van der Waals surface area contributed by atoms with Crippen molar-refractivity contribution in [2.24, 2.45) is 0 Å². The Labute approximate surface area is 109 Å². The maximum atomic E-state index is 12.3. The minimum absolute atomic E-state index is 0.135. The van der Waals surface area contributed by atoms with Crippen LogP contribution in [0.15, 0.2) is 18.5 Å². The molecule has 0 radical (unpaired) electrons. The zero-order chi connectivity index (χ0) is 13.2. The summed E-state index contributed by atoms with van der Waals surface area (Å²) in [5.41, 5.74) is 0.340. The Morgan fingerprint density at radius 3 is 2.89 bits per heavy atom. The molecule has 3 heterocycles. The van der Waals surface area contributed by atoms with Gasteiger partial charge in [0.05, 0.1) is 6.54 Å². The van der Waals surface area contributed by atoms with Gasteiger partial charge in [0.15, 0.2) is 11.5 Å². The molecule has 0 unspecified atom stereocenters. The number of hydrogen-bond acceptors (Lipinski definition) is 6. The molecule has 2 aromatic heterocycles. The normalized spacial score (nSPS) is 14.1. The van der Waals surface area contributed by atoms with Crippen molar-refractivity contribution in [1.82, 2.24) is 29.9 Å². The molecule has 0 fully saturated rings. The minimum Gasteiger partial charge on any atom is -0.372 e. The monoisotopic (exact) mass is 259 g/mol. The molecule has 0 saturated heterocycles. The van der Waals surface area contributed by atoms with Crippen LogP contribution in [0.3, 0.4) is 0 Å². The summed E-state index contributed by atoms with van der Waals surface area (Å²) in [7, 11) is 1.75. The van der Waals surface area contributed by atoms with Crippen LogP contribution in [0.5, 0.6) is 0 Å². The average Bonchev–Trinajstić information content (AvgIpc) is 2.94. The fourth-order valence-corrected chi connectivity index (χ4v) is 1.98. The van der Waals surface area contributed by atoms with E-state index in [4.69, 9.17) is 0 Å². The number of nitrogens with one attached hydrogen (secondary N) is 1. The molecule has 1 amide bonds. The first-order valence-electron chi connectivity index (χ1n) is 5.95. The zero-order valence-electron chi connectivity index (χ0n) is 10.4. The van der Waals surface area contributed by atoms with E-state index >= 15 is 0 Å². The first-order chi connectivity index (χ1) is 9.28. The van der Waals surface area contributed by atoms with Gasteiger partial charge < -0.3 is 14.8 Å². The second kappa shape index (κ2) is 4.63. The molecule has 0 aromatic carbocycles. The van der Waals surface area contributed by atoms with Crippen molar-refractivity contribution in [3.63, 3.8) is 0 Å². The predicted octanol–water partition coefficient (Wildman–Crippen LogP) is -0.234. The fourth-order valence-electron chi connectivity index (χ4n) is 1.98. The van der Waals surface area contributed by atoms with Gasteiger partial charge in [-0.05, 0) is 12.1 Å². The number of aromatic nitrogens is 5. The summed E-state index contributed by atoms with van der Waals surface area (Å²) in [5, 5.41) is 18.5. The molecule has 0 atom stereocenters. The minimum atomic E-state index is -0.135. The van der Waals surface area contributed by atoms with Crippen LogP contribution in [-0.4, -0.2) is 49.4 Å². The van der Waals surface area contributed by atoms with Gasteiger partial charge in [-0.25, -0.2) is 0 Å². The van der Waals surface area contributed by atoms with Crippen LogP contribution < -0.4 is 5.32 Å². The molecule has 0 saturated carbocycles. The van der Waals surface area contributed by atoms with Crippen molar-refractivity contribution >= 4 is 11.7 Å². The Kier molecular flexibility index (Phi) is 2.82. The number of amides is 1. The largest absolute Gasteiger partial charge is 0.372 e. The first-order valence-corrected chi connectivity index (χ1v) is 5.95. The Balaban J connectivity index is 1.77. The Hall–Kier alpha value is -2.51. The van der Waals surface area contributed by atoms with E-state index < -0.39 is 0 Å². The fraction of sp³-hybridized carbons (Fsp3) is 0.364. The van der Waals surface area contributed by atoms with Crippen LogP contribution >= 0.6 is 0 Å². The predicted molar refractivity (Wildman–Crippen MR) is 66.3 cm³/mol. The highest BCUT2D eigenvalue weighted by atomic mass is 16.2. The quantitative estimate of drug-likeness (QED) is 0.801. The van der Waals surface area contributed by atoms with E-state index in [0.29, 0.717) is 31.1 Å². The number of carbonyl (C=O) groups is 1. The maximum absolute atomic E-state index is 12.3. The third-order valence-corrected chi connectivity index (χ3v) is 3.07. The van der Waals surface area contributed by atoms with E-state index in [2.05, 4.69) is 25.7 Å². The van der Waals surface area contributed by atoms with E-state index in [9.17, 15) is 4.79 Å². The van der Waals surface area contributed by atoms with Crippen LogP contribution in [0.1, 0.15) is 16.3 Å². The Bertz CT molecular complexity index is 591. The zero-order valence-corrected chi connectivity index (χ0v) is 10.4. The van der Waals surface area contributed by atoms with Crippen LogP contribution in [0.4, 0.5) is 5.82 Å². The maximum Gasteiger partial charge on any atom is 0.274 e. The summed E-state index contributed by atoms with van der Waals surface area (Å²) in [6.45, 7) is 1.78. The molecule has 0 aliphatic carbocycles. The molecule has 98 valence electrons. The van der Waals surface area contributed by atoms with Gasteiger partial charge in [-0.2, -0.15) is 0 Å². The number of anilines is 1. The molecule has 1 aliphatic heterocycles. The van der Waals surface area contributed by atoms with E-state index in [1.54, 1.807) is 30.4 Å². The highest BCUT2D eigenvalue weighted by Gasteiger charge is 2.23. The molecule has 1 N–H and O–H groups in total. The molecule has 0 spiro atoms. The highest BCUT2D eigenvalue weighted by Crippen LogP contribution is 2.12. The van der Waals surface area contributed by atoms with Crippen molar-refractivity contribution < 1.29 is 4.79 Å². The Morgan fingerprint density at radius 2 is 2.16 bits per heavy atom. The molecule has 19 heavy (non-hydrogen) atoms. The van der Waals surface area contributed by atoms with Gasteiger partial charge in [0.1, 0.15) is 12.1 Å². The van der Waals surface area contributed by atoms with Gasteiger partial charge >= 0.3 is 0 Å². The number of fused-ring (bicyclic) bond motifs is 1. The summed E-state index contributed by atoms with van der Waals surface area (Å²) in [6, 6.07) is 3.40. The van der Waals surface area contributed by atoms with Crippen molar-refractivity contribution in [3.05, 3.63) is 30.0 Å². The van der Waals surface area contributed by atoms with Crippen LogP contribution in [0.25, 0.3) is 0 Å². The number of rotatable bonds is 2. The number of hydrogen-bond donors (Lipinski definition) is 1. The lowest BCUT2D eigenvalue weighted by atomic mass is 10.3. The van der Waals surface area contributed by atoms with Crippen molar-refractivity contribution in [2.45, 2.75) is 13.1 Å². The summed E-state index contributed by atoms with van der Waals surface area (Å²) in [4.78, 5) is 14.0. The topological polar surface area (TPSA) is 88.8 Å². The van der Waals surface area contributed by atoms with Gasteiger partial charge in [-0.3, -0.25) is 4.79 Å². The van der Waals surface area contributed by atoms with Crippen molar-refractivity contribution in [3.8, 4) is 0 Å². The van der Waals surface area contributed by atoms with Crippen LogP contribution in [0.2, 0.25) is 0 Å². The standard InChI is InChI=1S/C11H13N7O/c1-12-9-3-2-8(14-15-9)11(19)17-4-5-18-7-13-16-10(18)6-17/h2-3,7H,4-6H2,1H3,(H,12,15). The molecule has 8 nitrogen and oxygen atoms in total. The second-order valence-electron chi connectivity index (χ2n) is 4.22. The number of carbonyl (C=O) groups excluding carboxylic acids is 1. The molecule has 1 aliphatic rings. The summed E-state index contributed by atoms with van der Waals surface area (Å²) in [6.07, 6.45) is 1.68. The van der Waals surface area contributed by atoms with Gasteiger partial charge in [0.25, 0.3) is 5.91 Å². The first kappa shape index (κ1) is 11.6. The molecule has 0 bridgehead atoms. The van der Waals surface area contributed by atoms with Gasteiger partial charge in [-0.1, -0.05) is 0 Å². The molecule has 8 heteroatoms. The molecular formula is C11H13N7O. The van der Waals surface area contributed by atoms with E-state index in [-0.39, 0.29) is 5.91 Å². The van der Waals surface area contributed by atoms with Crippen LogP contribution in [-0.2, 0) is 13.1 Å². The van der Waals surface area contributed by atoms with E-state index in [0.717, 1.165) is 5.82 Å². The number of nitrogens with zero attached hydrogens (tertiary/aromatic N) is 6. The third-order valence-electron chi connectivity index (χ3n) is 3.07. The second-order valence-corrected chi connectivity index (χ2v) is 4.22. The van der Waals surface area contributed by atoms with Crippen molar-refractivity contribution in [2.75, 3.05) is 18.9 Å². The summed E-state index contributed by atoms with van der Waals surface area (Å²) < 4.78 is 1.94. The Morgan fingerprint density at radius 1 is 1.26 bits per heavy atom. The van der Waals surface area contributed by atoms with Crippen LogP contribution in [0, 0.1) is 0 Å².